The van der Waals surface area contributed by atoms with Crippen LogP contribution < -0.4 is 10.1 Å². The molecule has 0 atom stereocenters. The summed E-state index contributed by atoms with van der Waals surface area (Å²) in [6.07, 6.45) is 1.54. The Kier molecular flexibility index (Phi) is 4.09. The number of nitrogens with zero attached hydrogens (tertiary/aromatic N) is 3. The number of ether oxygens (including phenoxy) is 1. The fourth-order valence-electron chi connectivity index (χ4n) is 1.56. The highest BCUT2D eigenvalue weighted by molar-refractivity contribution is 5.48. The zero-order valence-corrected chi connectivity index (χ0v) is 11.2. The fourth-order valence-corrected chi connectivity index (χ4v) is 1.56. The van der Waals surface area contributed by atoms with E-state index in [9.17, 15) is 10.1 Å². The van der Waals surface area contributed by atoms with Crippen LogP contribution in [0.2, 0.25) is 0 Å². The summed E-state index contributed by atoms with van der Waals surface area (Å²) in [5.41, 5.74) is 0.781. The van der Waals surface area contributed by atoms with Crippen LogP contribution in [-0.4, -0.2) is 21.4 Å². The van der Waals surface area contributed by atoms with Gasteiger partial charge >= 0.3 is 0 Å². The summed E-state index contributed by atoms with van der Waals surface area (Å²) in [5.74, 6) is 1.03. The van der Waals surface area contributed by atoms with Gasteiger partial charge in [0, 0.05) is 12.2 Å². The molecule has 0 saturated carbocycles. The molecule has 2 aromatic heterocycles. The maximum absolute atomic E-state index is 10.9. The molecular weight excluding hydrogens is 260 g/mol. The summed E-state index contributed by atoms with van der Waals surface area (Å²) < 4.78 is 5.49. The summed E-state index contributed by atoms with van der Waals surface area (Å²) in [5, 5.41) is 13.8. The van der Waals surface area contributed by atoms with Crippen LogP contribution in [0.1, 0.15) is 12.6 Å². The lowest BCUT2D eigenvalue weighted by atomic mass is 10.3. The van der Waals surface area contributed by atoms with E-state index in [1.165, 1.54) is 12.1 Å². The van der Waals surface area contributed by atoms with Crippen LogP contribution in [0.3, 0.4) is 0 Å². The molecule has 2 rings (SSSR count). The Labute approximate surface area is 115 Å². The summed E-state index contributed by atoms with van der Waals surface area (Å²) in [4.78, 5) is 18.7. The summed E-state index contributed by atoms with van der Waals surface area (Å²) in [6, 6.07) is 6.16. The van der Waals surface area contributed by atoms with E-state index in [1.807, 2.05) is 13.8 Å². The SMILES string of the molecule is CCNc1cc([N+](=O)[O-])cc(Oc2ccc(C)nc2)n1. The average Bonchev–Trinajstić information content (AvgIpc) is 2.41. The van der Waals surface area contributed by atoms with Crippen molar-refractivity contribution in [3.63, 3.8) is 0 Å². The molecule has 0 aliphatic carbocycles. The van der Waals surface area contributed by atoms with Crippen molar-refractivity contribution in [3.05, 3.63) is 46.3 Å². The van der Waals surface area contributed by atoms with Crippen molar-refractivity contribution in [3.8, 4) is 11.6 Å². The number of anilines is 1. The van der Waals surface area contributed by atoms with Crippen LogP contribution in [0.15, 0.2) is 30.5 Å². The third-order valence-corrected chi connectivity index (χ3v) is 2.46. The molecule has 0 saturated heterocycles. The van der Waals surface area contributed by atoms with Gasteiger partial charge in [-0.05, 0) is 26.0 Å². The predicted octanol–water partition coefficient (Wildman–Crippen LogP) is 2.92. The zero-order valence-electron chi connectivity index (χ0n) is 11.2. The lowest BCUT2D eigenvalue weighted by Gasteiger charge is -2.07. The number of hydrogen-bond acceptors (Lipinski definition) is 6. The number of aromatic nitrogens is 2. The number of hydrogen-bond donors (Lipinski definition) is 1. The molecule has 0 bridgehead atoms. The minimum absolute atomic E-state index is 0.0778. The number of pyridine rings is 2. The lowest BCUT2D eigenvalue weighted by Crippen LogP contribution is -2.02. The Balaban J connectivity index is 2.29. The first-order valence-corrected chi connectivity index (χ1v) is 6.09. The molecule has 1 N–H and O–H groups in total. The lowest BCUT2D eigenvalue weighted by molar-refractivity contribution is -0.384. The standard InChI is InChI=1S/C13H14N4O3/c1-3-14-12-6-10(17(18)19)7-13(16-12)20-11-5-4-9(2)15-8-11/h4-8H,3H2,1-2H3,(H,14,16). The molecule has 0 amide bonds. The number of nitro groups is 1. The molecule has 2 heterocycles. The van der Waals surface area contributed by atoms with E-state index >= 15 is 0 Å². The molecule has 0 unspecified atom stereocenters. The van der Waals surface area contributed by atoms with Crippen molar-refractivity contribution in [1.82, 2.24) is 9.97 Å². The van der Waals surface area contributed by atoms with Crippen molar-refractivity contribution in [2.45, 2.75) is 13.8 Å². The molecular formula is C13H14N4O3. The normalized spacial score (nSPS) is 10.1. The minimum Gasteiger partial charge on any atom is -0.437 e. The molecule has 0 radical (unpaired) electrons. The Morgan fingerprint density at radius 2 is 2.20 bits per heavy atom. The van der Waals surface area contributed by atoms with Crippen molar-refractivity contribution < 1.29 is 9.66 Å². The molecule has 104 valence electrons. The zero-order chi connectivity index (χ0) is 14.5. The third-order valence-electron chi connectivity index (χ3n) is 2.46. The van der Waals surface area contributed by atoms with Crippen LogP contribution in [0, 0.1) is 17.0 Å². The first-order valence-electron chi connectivity index (χ1n) is 6.09. The second kappa shape index (κ2) is 5.96. The van der Waals surface area contributed by atoms with Crippen molar-refractivity contribution >= 4 is 11.5 Å². The van der Waals surface area contributed by atoms with E-state index in [4.69, 9.17) is 4.74 Å². The smallest absolute Gasteiger partial charge is 0.278 e. The number of aryl methyl sites for hydroxylation is 1. The quantitative estimate of drug-likeness (QED) is 0.666. The Morgan fingerprint density at radius 3 is 2.80 bits per heavy atom. The summed E-state index contributed by atoms with van der Waals surface area (Å²) in [7, 11) is 0. The number of nitrogens with one attached hydrogen (secondary N) is 1. The topological polar surface area (TPSA) is 90.2 Å². The summed E-state index contributed by atoms with van der Waals surface area (Å²) >= 11 is 0. The van der Waals surface area contributed by atoms with Gasteiger partial charge in [0.1, 0.15) is 11.6 Å². The third kappa shape index (κ3) is 3.41. The fraction of sp³-hybridized carbons (Fsp3) is 0.231. The van der Waals surface area contributed by atoms with Gasteiger partial charge in [-0.25, -0.2) is 0 Å². The molecule has 0 spiro atoms. The highest BCUT2D eigenvalue weighted by atomic mass is 16.6. The minimum atomic E-state index is -0.483. The molecule has 7 nitrogen and oxygen atoms in total. The highest BCUT2D eigenvalue weighted by Gasteiger charge is 2.12. The molecule has 2 aromatic rings. The van der Waals surface area contributed by atoms with E-state index in [1.54, 1.807) is 18.3 Å². The average molecular weight is 274 g/mol. The van der Waals surface area contributed by atoms with Gasteiger partial charge in [-0.3, -0.25) is 15.1 Å². The second-order valence-corrected chi connectivity index (χ2v) is 4.07. The van der Waals surface area contributed by atoms with Crippen LogP contribution in [-0.2, 0) is 0 Å². The first kappa shape index (κ1) is 13.7. The van der Waals surface area contributed by atoms with Gasteiger partial charge in [-0.2, -0.15) is 4.98 Å². The van der Waals surface area contributed by atoms with Crippen LogP contribution in [0.5, 0.6) is 11.6 Å². The van der Waals surface area contributed by atoms with Gasteiger partial charge < -0.3 is 10.1 Å². The largest absolute Gasteiger partial charge is 0.437 e. The van der Waals surface area contributed by atoms with E-state index < -0.39 is 4.92 Å². The molecule has 0 aliphatic heterocycles. The Bertz CT molecular complexity index is 614. The van der Waals surface area contributed by atoms with Gasteiger partial charge in [-0.15, -0.1) is 0 Å². The Hall–Kier alpha value is -2.70. The van der Waals surface area contributed by atoms with Crippen molar-refractivity contribution in [1.29, 1.82) is 0 Å². The molecule has 7 heteroatoms. The van der Waals surface area contributed by atoms with Crippen LogP contribution >= 0.6 is 0 Å². The van der Waals surface area contributed by atoms with Crippen LogP contribution in [0.25, 0.3) is 0 Å². The predicted molar refractivity (Wildman–Crippen MR) is 74.1 cm³/mol. The first-order chi connectivity index (χ1) is 9.58. The van der Waals surface area contributed by atoms with E-state index in [0.29, 0.717) is 18.1 Å². The maximum Gasteiger partial charge on any atom is 0.278 e. The summed E-state index contributed by atoms with van der Waals surface area (Å²) in [6.45, 7) is 4.35. The van der Waals surface area contributed by atoms with Crippen molar-refractivity contribution in [2.75, 3.05) is 11.9 Å². The monoisotopic (exact) mass is 274 g/mol. The van der Waals surface area contributed by atoms with Crippen molar-refractivity contribution in [2.24, 2.45) is 0 Å². The van der Waals surface area contributed by atoms with E-state index in [0.717, 1.165) is 5.69 Å². The maximum atomic E-state index is 10.9. The highest BCUT2D eigenvalue weighted by Crippen LogP contribution is 2.25. The molecule has 0 fully saturated rings. The number of rotatable bonds is 5. The van der Waals surface area contributed by atoms with Gasteiger partial charge in [0.15, 0.2) is 0 Å². The van der Waals surface area contributed by atoms with Gasteiger partial charge in [-0.1, -0.05) is 0 Å². The van der Waals surface area contributed by atoms with E-state index in [2.05, 4.69) is 15.3 Å². The van der Waals surface area contributed by atoms with Gasteiger partial charge in [0.2, 0.25) is 5.88 Å². The van der Waals surface area contributed by atoms with Crippen LogP contribution in [0.4, 0.5) is 11.5 Å². The van der Waals surface area contributed by atoms with Gasteiger partial charge in [0.05, 0.1) is 23.3 Å². The second-order valence-electron chi connectivity index (χ2n) is 4.07. The van der Waals surface area contributed by atoms with Gasteiger partial charge in [0.25, 0.3) is 5.69 Å². The molecule has 0 aromatic carbocycles. The molecule has 0 aliphatic rings. The molecule has 20 heavy (non-hydrogen) atoms. The Morgan fingerprint density at radius 1 is 1.40 bits per heavy atom. The van der Waals surface area contributed by atoms with E-state index in [-0.39, 0.29) is 11.6 Å².